The van der Waals surface area contributed by atoms with Crippen LogP contribution in [0, 0.1) is 11.6 Å². The third-order valence-electron chi connectivity index (χ3n) is 3.29. The maximum atomic E-state index is 13.8. The van der Waals surface area contributed by atoms with Gasteiger partial charge in [-0.1, -0.05) is 40.2 Å². The van der Waals surface area contributed by atoms with Gasteiger partial charge in [-0.3, -0.25) is 4.79 Å². The Hall–Kier alpha value is -2.07. The van der Waals surface area contributed by atoms with Crippen LogP contribution in [-0.4, -0.2) is 5.78 Å². The Kier molecular flexibility index (Phi) is 3.55. The van der Waals surface area contributed by atoms with Crippen molar-refractivity contribution in [2.24, 2.45) is 0 Å². The first-order valence-corrected chi connectivity index (χ1v) is 7.04. The topological polar surface area (TPSA) is 17.1 Å². The van der Waals surface area contributed by atoms with E-state index in [-0.39, 0.29) is 5.56 Å². The highest BCUT2D eigenvalue weighted by atomic mass is 79.9. The summed E-state index contributed by atoms with van der Waals surface area (Å²) in [6, 6.07) is 13.7. The summed E-state index contributed by atoms with van der Waals surface area (Å²) >= 11 is 3.43. The molecule has 0 N–H and O–H groups in total. The van der Waals surface area contributed by atoms with Crippen molar-refractivity contribution in [2.75, 3.05) is 0 Å². The number of benzene rings is 3. The number of ketones is 1. The highest BCUT2D eigenvalue weighted by Crippen LogP contribution is 2.28. The maximum absolute atomic E-state index is 13.8. The van der Waals surface area contributed by atoms with Crippen LogP contribution in [0.4, 0.5) is 8.78 Å². The molecular formula is C17H9BrF2O. The average molecular weight is 347 g/mol. The molecule has 0 amide bonds. The molecule has 0 atom stereocenters. The maximum Gasteiger partial charge on any atom is 0.196 e. The third-order valence-corrected chi connectivity index (χ3v) is 3.98. The summed E-state index contributed by atoms with van der Waals surface area (Å²) in [5.74, 6) is -2.02. The Morgan fingerprint density at radius 3 is 2.24 bits per heavy atom. The minimum atomic E-state index is -0.855. The number of fused-ring (bicyclic) bond motifs is 1. The molecule has 0 bridgehead atoms. The first kappa shape index (κ1) is 13.9. The average Bonchev–Trinajstić information content (AvgIpc) is 2.47. The van der Waals surface area contributed by atoms with Gasteiger partial charge in [0.2, 0.25) is 0 Å². The fourth-order valence-corrected chi connectivity index (χ4v) is 2.76. The molecule has 1 nitrogen and oxygen atoms in total. The van der Waals surface area contributed by atoms with Crippen molar-refractivity contribution in [2.45, 2.75) is 0 Å². The Morgan fingerprint density at radius 1 is 0.857 bits per heavy atom. The fourth-order valence-electron chi connectivity index (χ4n) is 2.28. The first-order chi connectivity index (χ1) is 10.1. The molecule has 0 radical (unpaired) electrons. The van der Waals surface area contributed by atoms with E-state index in [1.54, 1.807) is 18.2 Å². The molecule has 104 valence electrons. The van der Waals surface area contributed by atoms with Gasteiger partial charge >= 0.3 is 0 Å². The number of rotatable bonds is 2. The number of carbonyl (C=O) groups is 1. The van der Waals surface area contributed by atoms with E-state index in [9.17, 15) is 13.6 Å². The predicted molar refractivity (Wildman–Crippen MR) is 81.4 cm³/mol. The number of hydrogen-bond donors (Lipinski definition) is 0. The number of hydrogen-bond acceptors (Lipinski definition) is 1. The molecule has 0 saturated carbocycles. The standard InChI is InChI=1S/C17H9BrF2O/c18-15-8-7-13(11-3-1-2-4-12(11)15)17(21)14-6-5-10(19)9-16(14)20/h1-9H. The van der Waals surface area contributed by atoms with Crippen LogP contribution in [0.15, 0.2) is 59.1 Å². The molecule has 0 saturated heterocycles. The van der Waals surface area contributed by atoms with E-state index in [2.05, 4.69) is 15.9 Å². The van der Waals surface area contributed by atoms with Gasteiger partial charge in [-0.2, -0.15) is 0 Å². The third kappa shape index (κ3) is 2.47. The van der Waals surface area contributed by atoms with Crippen molar-refractivity contribution in [3.05, 3.63) is 81.8 Å². The van der Waals surface area contributed by atoms with Crippen LogP contribution in [0.2, 0.25) is 0 Å². The summed E-state index contributed by atoms with van der Waals surface area (Å²) in [7, 11) is 0. The molecule has 0 aliphatic heterocycles. The van der Waals surface area contributed by atoms with Crippen LogP contribution in [0.1, 0.15) is 15.9 Å². The van der Waals surface area contributed by atoms with Crippen molar-refractivity contribution in [3.63, 3.8) is 0 Å². The summed E-state index contributed by atoms with van der Waals surface area (Å²) in [4.78, 5) is 12.5. The fraction of sp³-hybridized carbons (Fsp3) is 0. The molecule has 0 unspecified atom stereocenters. The van der Waals surface area contributed by atoms with Crippen LogP contribution in [-0.2, 0) is 0 Å². The summed E-state index contributed by atoms with van der Waals surface area (Å²) in [5.41, 5.74) is 0.253. The van der Waals surface area contributed by atoms with Gasteiger partial charge in [-0.15, -0.1) is 0 Å². The van der Waals surface area contributed by atoms with Gasteiger partial charge in [-0.25, -0.2) is 8.78 Å². The van der Waals surface area contributed by atoms with Gasteiger partial charge in [0.25, 0.3) is 0 Å². The summed E-state index contributed by atoms with van der Waals surface area (Å²) < 4.78 is 27.6. The van der Waals surface area contributed by atoms with Crippen LogP contribution in [0.25, 0.3) is 10.8 Å². The van der Waals surface area contributed by atoms with E-state index in [4.69, 9.17) is 0 Å². The highest BCUT2D eigenvalue weighted by molar-refractivity contribution is 9.10. The van der Waals surface area contributed by atoms with E-state index >= 15 is 0 Å². The van der Waals surface area contributed by atoms with Crippen LogP contribution >= 0.6 is 15.9 Å². The molecule has 3 rings (SSSR count). The SMILES string of the molecule is O=C(c1ccc(F)cc1F)c1ccc(Br)c2ccccc12. The van der Waals surface area contributed by atoms with E-state index in [0.717, 1.165) is 21.3 Å². The molecule has 0 spiro atoms. The second-order valence-electron chi connectivity index (χ2n) is 4.59. The van der Waals surface area contributed by atoms with E-state index in [1.165, 1.54) is 6.07 Å². The van der Waals surface area contributed by atoms with Gasteiger partial charge in [-0.05, 0) is 35.0 Å². The van der Waals surface area contributed by atoms with Crippen LogP contribution < -0.4 is 0 Å². The highest BCUT2D eigenvalue weighted by Gasteiger charge is 2.17. The molecule has 4 heteroatoms. The Balaban J connectivity index is 2.21. The van der Waals surface area contributed by atoms with Crippen molar-refractivity contribution >= 4 is 32.5 Å². The van der Waals surface area contributed by atoms with Crippen molar-refractivity contribution in [3.8, 4) is 0 Å². The lowest BCUT2D eigenvalue weighted by Crippen LogP contribution is -2.05. The molecular weight excluding hydrogens is 338 g/mol. The van der Waals surface area contributed by atoms with E-state index < -0.39 is 17.4 Å². The van der Waals surface area contributed by atoms with Crippen molar-refractivity contribution < 1.29 is 13.6 Å². The molecule has 3 aromatic carbocycles. The van der Waals surface area contributed by atoms with Gasteiger partial charge in [0.15, 0.2) is 5.78 Å². The molecule has 0 aliphatic carbocycles. The smallest absolute Gasteiger partial charge is 0.196 e. The molecule has 21 heavy (non-hydrogen) atoms. The second-order valence-corrected chi connectivity index (χ2v) is 5.45. The van der Waals surface area contributed by atoms with Crippen LogP contribution in [0.3, 0.4) is 0 Å². The minimum absolute atomic E-state index is 0.135. The van der Waals surface area contributed by atoms with Crippen molar-refractivity contribution in [1.29, 1.82) is 0 Å². The zero-order valence-corrected chi connectivity index (χ0v) is 12.3. The Labute approximate surface area is 128 Å². The van der Waals surface area contributed by atoms with E-state index in [0.29, 0.717) is 11.6 Å². The van der Waals surface area contributed by atoms with Gasteiger partial charge < -0.3 is 0 Å². The summed E-state index contributed by atoms with van der Waals surface area (Å²) in [5, 5.41) is 1.59. The summed E-state index contributed by atoms with van der Waals surface area (Å²) in [6.07, 6.45) is 0. The van der Waals surface area contributed by atoms with Crippen molar-refractivity contribution in [1.82, 2.24) is 0 Å². The van der Waals surface area contributed by atoms with Crippen LogP contribution in [0.5, 0.6) is 0 Å². The monoisotopic (exact) mass is 346 g/mol. The molecule has 3 aromatic rings. The van der Waals surface area contributed by atoms with E-state index in [1.807, 2.05) is 18.2 Å². The summed E-state index contributed by atoms with van der Waals surface area (Å²) in [6.45, 7) is 0. The zero-order valence-electron chi connectivity index (χ0n) is 10.7. The quantitative estimate of drug-likeness (QED) is 0.589. The first-order valence-electron chi connectivity index (χ1n) is 6.25. The normalized spacial score (nSPS) is 10.8. The second kappa shape index (κ2) is 5.37. The Bertz CT molecular complexity index is 859. The largest absolute Gasteiger partial charge is 0.288 e. The molecule has 0 aliphatic rings. The lowest BCUT2D eigenvalue weighted by Gasteiger charge is -2.08. The van der Waals surface area contributed by atoms with Gasteiger partial charge in [0, 0.05) is 16.1 Å². The molecule has 0 fully saturated rings. The number of halogens is 3. The minimum Gasteiger partial charge on any atom is -0.288 e. The van der Waals surface area contributed by atoms with Gasteiger partial charge in [0.05, 0.1) is 5.56 Å². The zero-order chi connectivity index (χ0) is 15.0. The Morgan fingerprint density at radius 2 is 1.52 bits per heavy atom. The van der Waals surface area contributed by atoms with Gasteiger partial charge in [0.1, 0.15) is 11.6 Å². The predicted octanol–water partition coefficient (Wildman–Crippen LogP) is 5.11. The number of carbonyl (C=O) groups excluding carboxylic acids is 1. The molecule has 0 aromatic heterocycles. The lowest BCUT2D eigenvalue weighted by atomic mass is 9.97. The molecule has 0 heterocycles. The lowest BCUT2D eigenvalue weighted by molar-refractivity contribution is 0.103.